The molecule has 0 atom stereocenters. The first-order valence-electron chi connectivity index (χ1n) is 19.5. The van der Waals surface area contributed by atoms with Crippen LogP contribution in [0.15, 0.2) is 211 Å². The summed E-state index contributed by atoms with van der Waals surface area (Å²) >= 11 is 0. The fourth-order valence-electron chi connectivity index (χ4n) is 9.21. The molecule has 3 heteroatoms. The van der Waals surface area contributed by atoms with Gasteiger partial charge in [-0.25, -0.2) is 0 Å². The summed E-state index contributed by atoms with van der Waals surface area (Å²) in [6.07, 6.45) is 0. The first-order valence-corrected chi connectivity index (χ1v) is 19.5. The molecule has 9 aromatic carbocycles. The summed E-state index contributed by atoms with van der Waals surface area (Å²) in [5, 5.41) is 7.31. The third-order valence-electron chi connectivity index (χ3n) is 11.7. The molecule has 57 heavy (non-hydrogen) atoms. The molecule has 0 unspecified atom stereocenters. The van der Waals surface area contributed by atoms with Crippen molar-refractivity contribution >= 4 is 77.1 Å². The number of fused-ring (bicyclic) bond motifs is 9. The zero-order chi connectivity index (χ0) is 37.5. The van der Waals surface area contributed by atoms with Gasteiger partial charge in [0, 0.05) is 43.7 Å². The Bertz CT molecular complexity index is 3390. The second-order valence-corrected chi connectivity index (χ2v) is 14.9. The van der Waals surface area contributed by atoms with Crippen LogP contribution in [-0.4, -0.2) is 4.40 Å². The third-order valence-corrected chi connectivity index (χ3v) is 11.7. The molecular formula is C54H34N2O. The van der Waals surface area contributed by atoms with Crippen molar-refractivity contribution in [2.45, 2.75) is 0 Å². The number of hydrogen-bond acceptors (Lipinski definition) is 2. The maximum absolute atomic E-state index is 6.29. The molecule has 0 fully saturated rings. The van der Waals surface area contributed by atoms with Crippen LogP contribution in [0.4, 0.5) is 17.1 Å². The molecule has 12 aromatic rings. The van der Waals surface area contributed by atoms with Crippen molar-refractivity contribution in [2.24, 2.45) is 0 Å². The van der Waals surface area contributed by atoms with Crippen LogP contribution in [0.5, 0.6) is 0 Å². The predicted octanol–water partition coefficient (Wildman–Crippen LogP) is 15.2. The van der Waals surface area contributed by atoms with E-state index in [4.69, 9.17) is 4.42 Å². The standard InChI is InChI=1S/C54H34N2O/c1-3-14-35(15-4-1)38-32-39(36-16-5-2-6-17-36)34-41(33-38)55(40-30-28-37(29-31-40)42-20-12-27-51-52(42)45-19-8-10-26-50(45)57-51)48-24-13-25-49-53(48)46-22-11-21-44-43-18-7-9-23-47(43)56(49)54(44)46/h1-34H. The average Bonchev–Trinajstić information content (AvgIpc) is 3.95. The van der Waals surface area contributed by atoms with Crippen molar-refractivity contribution < 1.29 is 4.42 Å². The van der Waals surface area contributed by atoms with Gasteiger partial charge in [0.15, 0.2) is 0 Å². The molecule has 0 amide bonds. The lowest BCUT2D eigenvalue weighted by Crippen LogP contribution is -2.11. The summed E-state index contributed by atoms with van der Waals surface area (Å²) in [5.74, 6) is 0. The van der Waals surface area contributed by atoms with Gasteiger partial charge in [-0.2, -0.15) is 0 Å². The largest absolute Gasteiger partial charge is 0.456 e. The lowest BCUT2D eigenvalue weighted by atomic mass is 9.96. The number of furan rings is 1. The normalized spacial score (nSPS) is 11.9. The highest BCUT2D eigenvalue weighted by Gasteiger charge is 2.24. The van der Waals surface area contributed by atoms with Crippen molar-refractivity contribution in [1.29, 1.82) is 0 Å². The summed E-state index contributed by atoms with van der Waals surface area (Å²) in [6.45, 7) is 0. The molecule has 0 spiro atoms. The maximum atomic E-state index is 6.29. The minimum atomic E-state index is 0.899. The van der Waals surface area contributed by atoms with Gasteiger partial charge in [0.05, 0.1) is 22.2 Å². The van der Waals surface area contributed by atoms with Gasteiger partial charge in [-0.3, -0.25) is 0 Å². The summed E-state index contributed by atoms with van der Waals surface area (Å²) in [7, 11) is 0. The van der Waals surface area contributed by atoms with Gasteiger partial charge in [-0.05, 0) is 94.0 Å². The van der Waals surface area contributed by atoms with Crippen molar-refractivity contribution in [3.8, 4) is 33.4 Å². The van der Waals surface area contributed by atoms with E-state index in [2.05, 4.69) is 203 Å². The van der Waals surface area contributed by atoms with Crippen molar-refractivity contribution in [2.75, 3.05) is 4.90 Å². The zero-order valence-corrected chi connectivity index (χ0v) is 30.9. The number of nitrogens with zero attached hydrogens (tertiary/aromatic N) is 2. The minimum Gasteiger partial charge on any atom is -0.456 e. The van der Waals surface area contributed by atoms with E-state index in [-0.39, 0.29) is 0 Å². The Hall–Kier alpha value is -7.62. The molecular weight excluding hydrogens is 693 g/mol. The van der Waals surface area contributed by atoms with Crippen LogP contribution in [0.3, 0.4) is 0 Å². The summed E-state index contributed by atoms with van der Waals surface area (Å²) in [4.78, 5) is 2.46. The van der Waals surface area contributed by atoms with Crippen LogP contribution in [-0.2, 0) is 0 Å². The Balaban J connectivity index is 1.13. The van der Waals surface area contributed by atoms with E-state index in [9.17, 15) is 0 Å². The Kier molecular flexibility index (Phi) is 6.93. The smallest absolute Gasteiger partial charge is 0.136 e. The van der Waals surface area contributed by atoms with Crippen molar-refractivity contribution in [3.63, 3.8) is 0 Å². The van der Waals surface area contributed by atoms with Crippen LogP contribution in [0.25, 0.3) is 93.4 Å². The minimum absolute atomic E-state index is 0.899. The monoisotopic (exact) mass is 726 g/mol. The molecule has 0 bridgehead atoms. The average molecular weight is 727 g/mol. The summed E-state index contributed by atoms with van der Waals surface area (Å²) in [6, 6.07) is 74.5. The third kappa shape index (κ3) is 4.86. The van der Waals surface area contributed by atoms with E-state index in [0.717, 1.165) is 50.1 Å². The SMILES string of the molecule is c1ccc(-c2cc(-c3ccccc3)cc(N(c3ccc(-c4cccc5oc6ccccc6c45)cc3)c3cccc4c3c3cccc5c6ccccc6n4c53)c2)cc1. The van der Waals surface area contributed by atoms with Crippen LogP contribution < -0.4 is 4.90 Å². The quantitative estimate of drug-likeness (QED) is 0.170. The fourth-order valence-corrected chi connectivity index (χ4v) is 9.21. The Labute approximate surface area is 329 Å². The van der Waals surface area contributed by atoms with Crippen molar-refractivity contribution in [3.05, 3.63) is 206 Å². The van der Waals surface area contributed by atoms with E-state index >= 15 is 0 Å². The van der Waals surface area contributed by atoms with Crippen LogP contribution in [0, 0.1) is 0 Å². The number of aromatic nitrogens is 1. The fraction of sp³-hybridized carbons (Fsp3) is 0. The maximum Gasteiger partial charge on any atom is 0.136 e. The van der Waals surface area contributed by atoms with Crippen molar-refractivity contribution in [1.82, 2.24) is 4.40 Å². The molecule has 3 nitrogen and oxygen atoms in total. The van der Waals surface area contributed by atoms with Gasteiger partial charge in [0.25, 0.3) is 0 Å². The lowest BCUT2D eigenvalue weighted by molar-refractivity contribution is 0.669. The first kappa shape index (κ1) is 31.7. The molecule has 0 aliphatic heterocycles. The molecule has 12 rings (SSSR count). The molecule has 3 aromatic heterocycles. The molecule has 3 heterocycles. The molecule has 0 radical (unpaired) electrons. The topological polar surface area (TPSA) is 20.8 Å². The van der Waals surface area contributed by atoms with Gasteiger partial charge < -0.3 is 13.7 Å². The highest BCUT2D eigenvalue weighted by molar-refractivity contribution is 6.26. The van der Waals surface area contributed by atoms with Gasteiger partial charge in [0.1, 0.15) is 11.2 Å². The van der Waals surface area contributed by atoms with Gasteiger partial charge in [-0.1, -0.05) is 146 Å². The highest BCUT2D eigenvalue weighted by atomic mass is 16.3. The van der Waals surface area contributed by atoms with Crippen LogP contribution in [0.2, 0.25) is 0 Å². The molecule has 0 aliphatic carbocycles. The second kappa shape index (κ2) is 12.5. The summed E-state index contributed by atoms with van der Waals surface area (Å²) < 4.78 is 8.75. The zero-order valence-electron chi connectivity index (χ0n) is 30.9. The number of para-hydroxylation sites is 3. The predicted molar refractivity (Wildman–Crippen MR) is 239 cm³/mol. The molecule has 0 N–H and O–H groups in total. The van der Waals surface area contributed by atoms with Gasteiger partial charge in [0.2, 0.25) is 0 Å². The lowest BCUT2D eigenvalue weighted by Gasteiger charge is -2.28. The number of benzene rings is 9. The molecule has 266 valence electrons. The van der Waals surface area contributed by atoms with E-state index in [0.29, 0.717) is 0 Å². The number of rotatable bonds is 6. The number of anilines is 3. The van der Waals surface area contributed by atoms with E-state index in [1.807, 2.05) is 12.1 Å². The van der Waals surface area contributed by atoms with E-state index in [1.165, 1.54) is 60.3 Å². The first-order chi connectivity index (χ1) is 28.3. The van der Waals surface area contributed by atoms with Gasteiger partial charge in [-0.15, -0.1) is 0 Å². The Morgan fingerprint density at radius 3 is 1.72 bits per heavy atom. The summed E-state index contributed by atoms with van der Waals surface area (Å²) in [5.41, 5.74) is 15.8. The number of hydrogen-bond donors (Lipinski definition) is 0. The van der Waals surface area contributed by atoms with E-state index < -0.39 is 0 Å². The highest BCUT2D eigenvalue weighted by Crippen LogP contribution is 2.48. The van der Waals surface area contributed by atoms with E-state index in [1.54, 1.807) is 0 Å². The molecule has 0 aliphatic rings. The molecule has 0 saturated heterocycles. The Morgan fingerprint density at radius 1 is 0.351 bits per heavy atom. The molecule has 0 saturated carbocycles. The second-order valence-electron chi connectivity index (χ2n) is 14.9. The van der Waals surface area contributed by atoms with Crippen LogP contribution in [0.1, 0.15) is 0 Å². The van der Waals surface area contributed by atoms with Crippen LogP contribution >= 0.6 is 0 Å². The van der Waals surface area contributed by atoms with Gasteiger partial charge >= 0.3 is 0 Å². The Morgan fingerprint density at radius 2 is 0.947 bits per heavy atom.